The zero-order chi connectivity index (χ0) is 17.3. The van der Waals surface area contributed by atoms with Crippen LogP contribution in [0.15, 0.2) is 23.4 Å². The molecule has 1 aromatic rings. The highest BCUT2D eigenvalue weighted by atomic mass is 19.1. The van der Waals surface area contributed by atoms with E-state index in [-0.39, 0.29) is 11.5 Å². The Morgan fingerprint density at radius 1 is 1.43 bits per heavy atom. The summed E-state index contributed by atoms with van der Waals surface area (Å²) >= 11 is 0. The summed E-state index contributed by atoms with van der Waals surface area (Å²) in [5.74, 6) is -0.0233. The monoisotopic (exact) mass is 319 g/mol. The second-order valence-electron chi connectivity index (χ2n) is 6.77. The first-order valence-corrected chi connectivity index (χ1v) is 8.15. The summed E-state index contributed by atoms with van der Waals surface area (Å²) in [6.45, 7) is 10.2. The number of aromatic nitrogens is 2. The molecular formula is C18H26FN3O. The number of hydrogen-bond acceptors (Lipinski definition) is 2. The fourth-order valence-electron chi connectivity index (χ4n) is 2.92. The molecule has 5 heteroatoms. The number of carbonyl (C=O) groups is 1. The molecule has 0 spiro atoms. The van der Waals surface area contributed by atoms with Crippen LogP contribution in [0.4, 0.5) is 4.39 Å². The maximum Gasteiger partial charge on any atom is 0.261 e. The van der Waals surface area contributed by atoms with Crippen molar-refractivity contribution in [3.8, 4) is 0 Å². The molecule has 0 saturated heterocycles. The number of nitrogens with one attached hydrogen (secondary N) is 1. The smallest absolute Gasteiger partial charge is 0.261 e. The zero-order valence-electron chi connectivity index (χ0n) is 14.8. The summed E-state index contributed by atoms with van der Waals surface area (Å²) in [5, 5.41) is 6.94. The van der Waals surface area contributed by atoms with E-state index >= 15 is 0 Å². The van der Waals surface area contributed by atoms with Gasteiger partial charge in [-0.2, -0.15) is 9.49 Å². The van der Waals surface area contributed by atoms with Crippen molar-refractivity contribution in [1.29, 1.82) is 0 Å². The molecule has 2 rings (SSSR count). The minimum absolute atomic E-state index is 0.0262. The standard InChI is InChI=1S/C18H26FN3O/c1-10(2)12(4)14-9-7-8-11(3)16(14)20-18(23)15-13(5)21-22(6)17(15)19/h7,9-12H,8H2,1-6H3,(H,20,23). The van der Waals surface area contributed by atoms with Crippen LogP contribution in [0.5, 0.6) is 0 Å². The van der Waals surface area contributed by atoms with E-state index in [1.807, 2.05) is 0 Å². The fraction of sp³-hybridized carbons (Fsp3) is 0.556. The van der Waals surface area contributed by atoms with Gasteiger partial charge in [-0.25, -0.2) is 4.68 Å². The van der Waals surface area contributed by atoms with Crippen molar-refractivity contribution in [3.05, 3.63) is 40.6 Å². The molecule has 0 aromatic carbocycles. The number of halogens is 1. The first-order chi connectivity index (χ1) is 10.7. The summed E-state index contributed by atoms with van der Waals surface area (Å²) in [7, 11) is 1.50. The van der Waals surface area contributed by atoms with Crippen LogP contribution in [-0.4, -0.2) is 15.7 Å². The Kier molecular flexibility index (Phi) is 5.07. The third-order valence-corrected chi connectivity index (χ3v) is 4.71. The highest BCUT2D eigenvalue weighted by Gasteiger charge is 2.26. The van der Waals surface area contributed by atoms with Crippen molar-refractivity contribution < 1.29 is 9.18 Å². The van der Waals surface area contributed by atoms with Crippen LogP contribution in [0.2, 0.25) is 0 Å². The van der Waals surface area contributed by atoms with Crippen LogP contribution in [-0.2, 0) is 7.05 Å². The molecule has 2 unspecified atom stereocenters. The van der Waals surface area contributed by atoms with E-state index in [1.54, 1.807) is 6.92 Å². The second kappa shape index (κ2) is 6.69. The van der Waals surface area contributed by atoms with E-state index in [9.17, 15) is 9.18 Å². The Morgan fingerprint density at radius 2 is 2.09 bits per heavy atom. The lowest BCUT2D eigenvalue weighted by Gasteiger charge is -2.28. The molecule has 23 heavy (non-hydrogen) atoms. The summed E-state index contributed by atoms with van der Waals surface area (Å²) in [4.78, 5) is 12.6. The van der Waals surface area contributed by atoms with Crippen LogP contribution in [0, 0.1) is 30.6 Å². The third-order valence-electron chi connectivity index (χ3n) is 4.71. The molecule has 1 amide bonds. The van der Waals surface area contributed by atoms with E-state index in [0.717, 1.165) is 22.4 Å². The van der Waals surface area contributed by atoms with Gasteiger partial charge in [0.15, 0.2) is 0 Å². The van der Waals surface area contributed by atoms with Gasteiger partial charge in [0.05, 0.1) is 5.69 Å². The lowest BCUT2D eigenvalue weighted by atomic mass is 9.82. The number of hydrogen-bond donors (Lipinski definition) is 1. The first kappa shape index (κ1) is 17.4. The van der Waals surface area contributed by atoms with Gasteiger partial charge in [-0.15, -0.1) is 0 Å². The number of aryl methyl sites for hydroxylation is 2. The molecule has 1 aliphatic rings. The maximum atomic E-state index is 14.1. The molecule has 1 heterocycles. The minimum Gasteiger partial charge on any atom is -0.325 e. The third kappa shape index (κ3) is 3.38. The summed E-state index contributed by atoms with van der Waals surface area (Å²) in [5.41, 5.74) is 2.47. The molecular weight excluding hydrogens is 293 g/mol. The molecule has 2 atom stereocenters. The first-order valence-electron chi connectivity index (χ1n) is 8.15. The van der Waals surface area contributed by atoms with E-state index in [4.69, 9.17) is 0 Å². The van der Waals surface area contributed by atoms with Gasteiger partial charge in [0.1, 0.15) is 5.56 Å². The molecule has 1 N–H and O–H groups in total. The number of amides is 1. The second-order valence-corrected chi connectivity index (χ2v) is 6.77. The van der Waals surface area contributed by atoms with Crippen LogP contribution < -0.4 is 5.32 Å². The molecule has 0 fully saturated rings. The van der Waals surface area contributed by atoms with Gasteiger partial charge in [-0.1, -0.05) is 39.8 Å². The van der Waals surface area contributed by atoms with Crippen molar-refractivity contribution in [2.75, 3.05) is 0 Å². The Balaban J connectivity index is 2.37. The minimum atomic E-state index is -0.599. The fourth-order valence-corrected chi connectivity index (χ4v) is 2.92. The van der Waals surface area contributed by atoms with Gasteiger partial charge in [-0.05, 0) is 36.7 Å². The Hall–Kier alpha value is -1.91. The molecule has 0 saturated carbocycles. The topological polar surface area (TPSA) is 46.9 Å². The Bertz CT molecular complexity index is 670. The highest BCUT2D eigenvalue weighted by Crippen LogP contribution is 2.31. The van der Waals surface area contributed by atoms with Gasteiger partial charge in [-0.3, -0.25) is 4.79 Å². The van der Waals surface area contributed by atoms with Crippen molar-refractivity contribution in [1.82, 2.24) is 15.1 Å². The molecule has 0 bridgehead atoms. The van der Waals surface area contributed by atoms with Gasteiger partial charge < -0.3 is 5.32 Å². The number of allylic oxidation sites excluding steroid dienone is 4. The quantitative estimate of drug-likeness (QED) is 0.919. The van der Waals surface area contributed by atoms with Crippen molar-refractivity contribution >= 4 is 5.91 Å². The lowest BCUT2D eigenvalue weighted by molar-refractivity contribution is 0.0955. The molecule has 4 nitrogen and oxygen atoms in total. The summed E-state index contributed by atoms with van der Waals surface area (Å²) in [6.07, 6.45) is 5.11. The van der Waals surface area contributed by atoms with Crippen molar-refractivity contribution in [2.45, 2.75) is 41.0 Å². The zero-order valence-corrected chi connectivity index (χ0v) is 14.8. The van der Waals surface area contributed by atoms with Crippen LogP contribution >= 0.6 is 0 Å². The Morgan fingerprint density at radius 3 is 2.61 bits per heavy atom. The molecule has 1 aliphatic carbocycles. The molecule has 1 aromatic heterocycles. The van der Waals surface area contributed by atoms with Gasteiger partial charge in [0.25, 0.3) is 5.91 Å². The number of rotatable bonds is 4. The van der Waals surface area contributed by atoms with E-state index in [1.165, 1.54) is 7.05 Å². The number of carbonyl (C=O) groups excluding carboxylic acids is 1. The number of nitrogens with zero attached hydrogens (tertiary/aromatic N) is 2. The average molecular weight is 319 g/mol. The van der Waals surface area contributed by atoms with Crippen molar-refractivity contribution in [2.24, 2.45) is 24.8 Å². The largest absolute Gasteiger partial charge is 0.325 e. The average Bonchev–Trinajstić information content (AvgIpc) is 2.73. The summed E-state index contributed by atoms with van der Waals surface area (Å²) in [6, 6.07) is 0. The molecule has 0 radical (unpaired) electrons. The van der Waals surface area contributed by atoms with E-state index < -0.39 is 11.9 Å². The lowest BCUT2D eigenvalue weighted by Crippen LogP contribution is -2.31. The maximum absolute atomic E-state index is 14.1. The predicted octanol–water partition coefficient (Wildman–Crippen LogP) is 3.74. The van der Waals surface area contributed by atoms with Gasteiger partial charge in [0, 0.05) is 12.7 Å². The molecule has 126 valence electrons. The van der Waals surface area contributed by atoms with E-state index in [2.05, 4.69) is 50.3 Å². The Labute approximate surface area is 137 Å². The van der Waals surface area contributed by atoms with E-state index in [0.29, 0.717) is 17.5 Å². The highest BCUT2D eigenvalue weighted by molar-refractivity contribution is 5.96. The SMILES string of the molecule is Cc1nn(C)c(F)c1C(=O)NC1=C(C(C)C(C)C)C=CCC1C. The van der Waals surface area contributed by atoms with Gasteiger partial charge >= 0.3 is 0 Å². The van der Waals surface area contributed by atoms with Gasteiger partial charge in [0.2, 0.25) is 5.95 Å². The van der Waals surface area contributed by atoms with Crippen molar-refractivity contribution in [3.63, 3.8) is 0 Å². The van der Waals surface area contributed by atoms with Crippen LogP contribution in [0.3, 0.4) is 0 Å². The van der Waals surface area contributed by atoms with Crippen LogP contribution in [0.25, 0.3) is 0 Å². The van der Waals surface area contributed by atoms with Crippen LogP contribution in [0.1, 0.15) is 50.2 Å². The molecule has 0 aliphatic heterocycles. The summed E-state index contributed by atoms with van der Waals surface area (Å²) < 4.78 is 15.2. The normalized spacial score (nSPS) is 19.4. The predicted molar refractivity (Wildman–Crippen MR) is 89.3 cm³/mol.